The van der Waals surface area contributed by atoms with Crippen LogP contribution in [0.4, 0.5) is 5.69 Å². The van der Waals surface area contributed by atoms with Gasteiger partial charge in [-0.2, -0.15) is 5.26 Å². The molecule has 0 aromatic heterocycles. The number of amides is 1. The lowest BCUT2D eigenvalue weighted by Gasteiger charge is -2.10. The number of rotatable bonds is 7. The maximum Gasteiger partial charge on any atom is 0.335 e. The molecule has 0 aliphatic carbocycles. The van der Waals surface area contributed by atoms with Crippen molar-refractivity contribution in [3.63, 3.8) is 0 Å². The summed E-state index contributed by atoms with van der Waals surface area (Å²) in [5.74, 6) is -1.00. The number of anilines is 1. The molecule has 0 aliphatic rings. The van der Waals surface area contributed by atoms with Crippen molar-refractivity contribution >= 4 is 23.6 Å². The third kappa shape index (κ3) is 5.33. The van der Waals surface area contributed by atoms with E-state index in [4.69, 9.17) is 9.84 Å². The van der Waals surface area contributed by atoms with Gasteiger partial charge >= 0.3 is 5.97 Å². The fraction of sp³-hybridized carbons (Fsp3) is 0.0417. The second kappa shape index (κ2) is 9.71. The summed E-state index contributed by atoms with van der Waals surface area (Å²) in [6.07, 6.45) is 1.47. The van der Waals surface area contributed by atoms with Gasteiger partial charge in [0.1, 0.15) is 24.0 Å². The van der Waals surface area contributed by atoms with Crippen LogP contribution in [0.15, 0.2) is 84.4 Å². The average molecular weight is 398 g/mol. The van der Waals surface area contributed by atoms with Crippen LogP contribution in [0.2, 0.25) is 0 Å². The Kier molecular flexibility index (Phi) is 6.59. The minimum atomic E-state index is -0.990. The lowest BCUT2D eigenvalue weighted by atomic mass is 10.1. The van der Waals surface area contributed by atoms with E-state index < -0.39 is 11.9 Å². The summed E-state index contributed by atoms with van der Waals surface area (Å²) in [6, 6.07) is 24.2. The highest BCUT2D eigenvalue weighted by molar-refractivity contribution is 6.09. The highest BCUT2D eigenvalue weighted by Gasteiger charge is 2.11. The van der Waals surface area contributed by atoms with Gasteiger partial charge in [0.15, 0.2) is 0 Å². The van der Waals surface area contributed by atoms with E-state index in [9.17, 15) is 14.9 Å². The number of para-hydroxylation sites is 2. The summed E-state index contributed by atoms with van der Waals surface area (Å²) in [5.41, 5.74) is 2.12. The first-order valence-electron chi connectivity index (χ1n) is 9.09. The van der Waals surface area contributed by atoms with Crippen LogP contribution in [0.3, 0.4) is 0 Å². The van der Waals surface area contributed by atoms with E-state index in [0.717, 1.165) is 5.56 Å². The largest absolute Gasteiger partial charge is 0.488 e. The number of benzene rings is 3. The number of carbonyl (C=O) groups is 2. The molecule has 6 nitrogen and oxygen atoms in total. The SMILES string of the molecule is N#C/C(=C\c1ccccc1OCc1ccc(C(=O)O)cc1)C(=O)Nc1ccccc1. The van der Waals surface area contributed by atoms with E-state index in [-0.39, 0.29) is 17.7 Å². The van der Waals surface area contributed by atoms with Crippen molar-refractivity contribution in [2.24, 2.45) is 0 Å². The van der Waals surface area contributed by atoms with Crippen LogP contribution in [-0.4, -0.2) is 17.0 Å². The van der Waals surface area contributed by atoms with Crippen LogP contribution >= 0.6 is 0 Å². The van der Waals surface area contributed by atoms with Crippen LogP contribution in [0.1, 0.15) is 21.5 Å². The lowest BCUT2D eigenvalue weighted by molar-refractivity contribution is -0.112. The molecular weight excluding hydrogens is 380 g/mol. The molecule has 0 radical (unpaired) electrons. The molecule has 0 saturated heterocycles. The Labute approximate surface area is 173 Å². The normalized spacial score (nSPS) is 10.7. The number of aromatic carboxylic acids is 1. The van der Waals surface area contributed by atoms with Crippen molar-refractivity contribution in [2.75, 3.05) is 5.32 Å². The highest BCUT2D eigenvalue weighted by Crippen LogP contribution is 2.23. The third-order valence-corrected chi connectivity index (χ3v) is 4.21. The smallest absolute Gasteiger partial charge is 0.335 e. The van der Waals surface area contributed by atoms with E-state index in [1.54, 1.807) is 60.7 Å². The van der Waals surface area contributed by atoms with Gasteiger partial charge in [-0.3, -0.25) is 4.79 Å². The van der Waals surface area contributed by atoms with Crippen LogP contribution in [0.25, 0.3) is 6.08 Å². The average Bonchev–Trinajstić information content (AvgIpc) is 2.77. The molecule has 3 aromatic rings. The van der Waals surface area contributed by atoms with Gasteiger partial charge in [-0.15, -0.1) is 0 Å². The molecule has 0 spiro atoms. The fourth-order valence-corrected chi connectivity index (χ4v) is 2.66. The summed E-state index contributed by atoms with van der Waals surface area (Å²) in [6.45, 7) is 0.211. The van der Waals surface area contributed by atoms with E-state index >= 15 is 0 Å². The number of carboxylic acids is 1. The fourth-order valence-electron chi connectivity index (χ4n) is 2.66. The summed E-state index contributed by atoms with van der Waals surface area (Å²) in [7, 11) is 0. The molecule has 0 unspecified atom stereocenters. The van der Waals surface area contributed by atoms with Crippen LogP contribution in [0, 0.1) is 11.3 Å². The first kappa shape index (κ1) is 20.4. The number of nitrogens with one attached hydrogen (secondary N) is 1. The predicted molar refractivity (Wildman–Crippen MR) is 113 cm³/mol. The summed E-state index contributed by atoms with van der Waals surface area (Å²) >= 11 is 0. The van der Waals surface area contributed by atoms with E-state index in [1.807, 2.05) is 12.1 Å². The van der Waals surface area contributed by atoms with Crippen molar-refractivity contribution in [1.29, 1.82) is 5.26 Å². The zero-order valence-electron chi connectivity index (χ0n) is 15.9. The van der Waals surface area contributed by atoms with Crippen LogP contribution in [-0.2, 0) is 11.4 Å². The molecule has 2 N–H and O–H groups in total. The molecule has 0 fully saturated rings. The van der Waals surface area contributed by atoms with Crippen molar-refractivity contribution in [2.45, 2.75) is 6.61 Å². The third-order valence-electron chi connectivity index (χ3n) is 4.21. The number of hydrogen-bond acceptors (Lipinski definition) is 4. The van der Waals surface area contributed by atoms with E-state index in [0.29, 0.717) is 17.0 Å². The molecule has 3 rings (SSSR count). The molecule has 148 valence electrons. The minimum Gasteiger partial charge on any atom is -0.488 e. The minimum absolute atomic E-state index is 0.0549. The number of carbonyl (C=O) groups excluding carboxylic acids is 1. The topological polar surface area (TPSA) is 99.4 Å². The number of carboxylic acid groups (broad SMARTS) is 1. The van der Waals surface area contributed by atoms with Gasteiger partial charge in [0.2, 0.25) is 0 Å². The molecule has 3 aromatic carbocycles. The molecule has 6 heteroatoms. The first-order valence-corrected chi connectivity index (χ1v) is 9.09. The van der Waals surface area contributed by atoms with Crippen LogP contribution in [0.5, 0.6) is 5.75 Å². The molecule has 1 amide bonds. The molecule has 0 heterocycles. The van der Waals surface area contributed by atoms with Gasteiger partial charge in [-0.1, -0.05) is 48.5 Å². The number of nitriles is 1. The maximum absolute atomic E-state index is 12.4. The Hall–Kier alpha value is -4.37. The van der Waals surface area contributed by atoms with Gasteiger partial charge in [0.05, 0.1) is 5.56 Å². The van der Waals surface area contributed by atoms with Crippen molar-refractivity contribution in [1.82, 2.24) is 0 Å². The quantitative estimate of drug-likeness (QED) is 0.451. The standard InChI is InChI=1S/C24H18N2O4/c25-15-20(23(27)26-21-7-2-1-3-8-21)14-19-6-4-5-9-22(19)30-16-17-10-12-18(13-11-17)24(28)29/h1-14H,16H2,(H,26,27)(H,28,29)/b20-14+. The van der Waals surface area contributed by atoms with Crippen molar-refractivity contribution in [3.8, 4) is 11.8 Å². The Morgan fingerprint density at radius 1 is 0.967 bits per heavy atom. The number of ether oxygens (including phenoxy) is 1. The molecular formula is C24H18N2O4. The summed E-state index contributed by atoms with van der Waals surface area (Å²) < 4.78 is 5.83. The van der Waals surface area contributed by atoms with Gasteiger partial charge in [0.25, 0.3) is 5.91 Å². The number of nitrogens with zero attached hydrogens (tertiary/aromatic N) is 1. The molecule has 0 bridgehead atoms. The van der Waals surface area contributed by atoms with Gasteiger partial charge in [-0.05, 0) is 42.0 Å². The lowest BCUT2D eigenvalue weighted by Crippen LogP contribution is -2.13. The van der Waals surface area contributed by atoms with E-state index in [1.165, 1.54) is 18.2 Å². The second-order valence-corrected chi connectivity index (χ2v) is 6.32. The zero-order chi connectivity index (χ0) is 21.3. The van der Waals surface area contributed by atoms with Crippen molar-refractivity contribution in [3.05, 3.63) is 101 Å². The summed E-state index contributed by atoms with van der Waals surface area (Å²) in [5, 5.41) is 21.1. The van der Waals surface area contributed by atoms with E-state index in [2.05, 4.69) is 5.32 Å². The van der Waals surface area contributed by atoms with Crippen LogP contribution < -0.4 is 10.1 Å². The molecule has 0 atom stereocenters. The molecule has 0 aliphatic heterocycles. The highest BCUT2D eigenvalue weighted by atomic mass is 16.5. The molecule has 30 heavy (non-hydrogen) atoms. The Balaban J connectivity index is 1.75. The van der Waals surface area contributed by atoms with Gasteiger partial charge < -0.3 is 15.2 Å². The van der Waals surface area contributed by atoms with Gasteiger partial charge in [0, 0.05) is 11.3 Å². The maximum atomic E-state index is 12.4. The Bertz CT molecular complexity index is 1110. The Morgan fingerprint density at radius 2 is 1.63 bits per heavy atom. The Morgan fingerprint density at radius 3 is 2.30 bits per heavy atom. The predicted octanol–water partition coefficient (Wildman–Crippen LogP) is 4.51. The number of hydrogen-bond donors (Lipinski definition) is 2. The summed E-state index contributed by atoms with van der Waals surface area (Å²) in [4.78, 5) is 23.4. The first-order chi connectivity index (χ1) is 14.6. The monoisotopic (exact) mass is 398 g/mol. The zero-order valence-corrected chi connectivity index (χ0v) is 15.9. The van der Waals surface area contributed by atoms with Crippen molar-refractivity contribution < 1.29 is 19.4 Å². The van der Waals surface area contributed by atoms with Gasteiger partial charge in [-0.25, -0.2) is 4.79 Å². The molecule has 0 saturated carbocycles. The second-order valence-electron chi connectivity index (χ2n) is 6.32.